The molecule has 0 aliphatic carbocycles. The van der Waals surface area contributed by atoms with Crippen molar-refractivity contribution in [2.45, 2.75) is 39.2 Å². The lowest BCUT2D eigenvalue weighted by Crippen LogP contribution is -2.48. The van der Waals surface area contributed by atoms with E-state index >= 15 is 0 Å². The average molecular weight is 344 g/mol. The third-order valence-corrected chi connectivity index (χ3v) is 4.90. The third kappa shape index (κ3) is 3.58. The van der Waals surface area contributed by atoms with Crippen molar-refractivity contribution in [2.75, 3.05) is 24.6 Å². The first kappa shape index (κ1) is 17.6. The highest BCUT2D eigenvalue weighted by molar-refractivity contribution is 6.22. The minimum absolute atomic E-state index is 0.169. The smallest absolute Gasteiger partial charge is 0.310 e. The number of likely N-dealkylation sites (tertiary alicyclic amines) is 1. The van der Waals surface area contributed by atoms with E-state index in [9.17, 15) is 14.4 Å². The molecule has 1 aromatic carbocycles. The number of anilines is 1. The molecule has 2 saturated heterocycles. The maximum atomic E-state index is 12.9. The van der Waals surface area contributed by atoms with Crippen LogP contribution in [0, 0.1) is 12.8 Å². The van der Waals surface area contributed by atoms with Crippen LogP contribution in [0.1, 0.15) is 31.7 Å². The number of ether oxygens (including phenoxy) is 1. The van der Waals surface area contributed by atoms with Crippen LogP contribution in [-0.2, 0) is 19.1 Å². The zero-order valence-corrected chi connectivity index (χ0v) is 14.7. The van der Waals surface area contributed by atoms with E-state index in [2.05, 4.69) is 0 Å². The van der Waals surface area contributed by atoms with Crippen molar-refractivity contribution in [1.29, 1.82) is 0 Å². The Labute approximate surface area is 147 Å². The van der Waals surface area contributed by atoms with Crippen molar-refractivity contribution in [3.8, 4) is 0 Å². The van der Waals surface area contributed by atoms with Crippen LogP contribution < -0.4 is 4.90 Å². The Balaban J connectivity index is 1.74. The summed E-state index contributed by atoms with van der Waals surface area (Å²) in [6.45, 7) is 5.28. The van der Waals surface area contributed by atoms with E-state index in [1.54, 1.807) is 13.0 Å². The van der Waals surface area contributed by atoms with Crippen LogP contribution in [0.3, 0.4) is 0 Å². The highest BCUT2D eigenvalue weighted by Gasteiger charge is 2.44. The van der Waals surface area contributed by atoms with Crippen molar-refractivity contribution >= 4 is 23.5 Å². The van der Waals surface area contributed by atoms with Gasteiger partial charge in [-0.15, -0.1) is 0 Å². The average Bonchev–Trinajstić information content (AvgIpc) is 2.90. The maximum absolute atomic E-state index is 12.9. The third-order valence-electron chi connectivity index (χ3n) is 4.90. The van der Waals surface area contributed by atoms with Gasteiger partial charge in [0.25, 0.3) is 5.91 Å². The van der Waals surface area contributed by atoms with E-state index in [0.29, 0.717) is 18.8 Å². The molecule has 25 heavy (non-hydrogen) atoms. The highest BCUT2D eigenvalue weighted by atomic mass is 16.5. The summed E-state index contributed by atoms with van der Waals surface area (Å²) in [4.78, 5) is 40.6. The van der Waals surface area contributed by atoms with Crippen molar-refractivity contribution in [1.82, 2.24) is 4.90 Å². The molecule has 0 spiro atoms. The predicted molar refractivity (Wildman–Crippen MR) is 93.0 cm³/mol. The Morgan fingerprint density at radius 1 is 1.32 bits per heavy atom. The number of aryl methyl sites for hydroxylation is 1. The van der Waals surface area contributed by atoms with Gasteiger partial charge in [-0.25, -0.2) is 4.90 Å². The highest BCUT2D eigenvalue weighted by Crippen LogP contribution is 2.29. The largest absolute Gasteiger partial charge is 0.466 e. The van der Waals surface area contributed by atoms with Crippen LogP contribution in [-0.4, -0.2) is 48.4 Å². The fourth-order valence-electron chi connectivity index (χ4n) is 3.68. The number of hydrogen-bond donors (Lipinski definition) is 0. The number of carbonyl (C=O) groups excluding carboxylic acids is 3. The second-order valence-corrected chi connectivity index (χ2v) is 6.71. The fourth-order valence-corrected chi connectivity index (χ4v) is 3.68. The van der Waals surface area contributed by atoms with Gasteiger partial charge in [0.1, 0.15) is 0 Å². The summed E-state index contributed by atoms with van der Waals surface area (Å²) in [5, 5.41) is 0. The van der Waals surface area contributed by atoms with E-state index in [-0.39, 0.29) is 30.1 Å². The SMILES string of the molecule is CCOC(=O)[C@@H]1CCCN([C@@H]2CC(=O)N(c3cccc(C)c3)C2=O)C1. The number of piperidine rings is 1. The molecule has 1 aromatic rings. The molecule has 0 aromatic heterocycles. The quantitative estimate of drug-likeness (QED) is 0.616. The number of rotatable bonds is 4. The lowest BCUT2D eigenvalue weighted by molar-refractivity contribution is -0.150. The van der Waals surface area contributed by atoms with Gasteiger partial charge in [-0.2, -0.15) is 0 Å². The standard InChI is InChI=1S/C19H24N2O4/c1-3-25-19(24)14-7-5-9-20(12-14)16-11-17(22)21(18(16)23)15-8-4-6-13(2)10-15/h4,6,8,10,14,16H,3,5,7,9,11-12H2,1-2H3/t14-,16-/m1/s1. The first-order valence-corrected chi connectivity index (χ1v) is 8.85. The predicted octanol–water partition coefficient (Wildman–Crippen LogP) is 1.90. The molecular formula is C19H24N2O4. The normalized spacial score (nSPS) is 24.6. The Kier molecular flexibility index (Phi) is 5.18. The molecule has 0 N–H and O–H groups in total. The molecule has 2 atom stereocenters. The van der Waals surface area contributed by atoms with Crippen molar-refractivity contribution in [3.63, 3.8) is 0 Å². The molecular weight excluding hydrogens is 320 g/mol. The molecule has 2 amide bonds. The number of carbonyl (C=O) groups is 3. The molecule has 0 radical (unpaired) electrons. The Morgan fingerprint density at radius 2 is 2.12 bits per heavy atom. The van der Waals surface area contributed by atoms with Gasteiger partial charge in [-0.1, -0.05) is 12.1 Å². The fraction of sp³-hybridized carbons (Fsp3) is 0.526. The molecule has 3 rings (SSSR count). The first-order chi connectivity index (χ1) is 12.0. The van der Waals surface area contributed by atoms with Crippen LogP contribution in [0.4, 0.5) is 5.69 Å². The number of esters is 1. The van der Waals surface area contributed by atoms with Gasteiger partial charge >= 0.3 is 5.97 Å². The van der Waals surface area contributed by atoms with Gasteiger partial charge in [0.2, 0.25) is 5.91 Å². The number of nitrogens with zero attached hydrogens (tertiary/aromatic N) is 2. The number of amides is 2. The van der Waals surface area contributed by atoms with Gasteiger partial charge in [-0.05, 0) is 50.9 Å². The second kappa shape index (κ2) is 7.35. The van der Waals surface area contributed by atoms with E-state index < -0.39 is 6.04 Å². The van der Waals surface area contributed by atoms with Crippen LogP contribution in [0.25, 0.3) is 0 Å². The zero-order valence-electron chi connectivity index (χ0n) is 14.7. The van der Waals surface area contributed by atoms with Crippen LogP contribution in [0.15, 0.2) is 24.3 Å². The van der Waals surface area contributed by atoms with Crippen LogP contribution >= 0.6 is 0 Å². The lowest BCUT2D eigenvalue weighted by atomic mass is 9.96. The van der Waals surface area contributed by atoms with Gasteiger partial charge in [-0.3, -0.25) is 19.3 Å². The van der Waals surface area contributed by atoms with E-state index in [4.69, 9.17) is 4.74 Å². The molecule has 0 saturated carbocycles. The summed E-state index contributed by atoms with van der Waals surface area (Å²) in [7, 11) is 0. The van der Waals surface area contributed by atoms with E-state index in [0.717, 1.165) is 24.9 Å². The van der Waals surface area contributed by atoms with Crippen molar-refractivity contribution < 1.29 is 19.1 Å². The maximum Gasteiger partial charge on any atom is 0.310 e. The molecule has 6 heteroatoms. The van der Waals surface area contributed by atoms with Gasteiger partial charge < -0.3 is 4.74 Å². The number of hydrogen-bond acceptors (Lipinski definition) is 5. The lowest BCUT2D eigenvalue weighted by Gasteiger charge is -2.34. The zero-order chi connectivity index (χ0) is 18.0. The first-order valence-electron chi connectivity index (χ1n) is 8.85. The topological polar surface area (TPSA) is 66.9 Å². The summed E-state index contributed by atoms with van der Waals surface area (Å²) >= 11 is 0. The van der Waals surface area contributed by atoms with E-state index in [1.807, 2.05) is 30.0 Å². The molecule has 2 heterocycles. The molecule has 0 bridgehead atoms. The van der Waals surface area contributed by atoms with E-state index in [1.165, 1.54) is 4.90 Å². The minimum atomic E-state index is -0.481. The summed E-state index contributed by atoms with van der Waals surface area (Å²) < 4.78 is 5.12. The monoisotopic (exact) mass is 344 g/mol. The van der Waals surface area contributed by atoms with Gasteiger partial charge in [0.05, 0.1) is 30.7 Å². The second-order valence-electron chi connectivity index (χ2n) is 6.71. The molecule has 6 nitrogen and oxygen atoms in total. The molecule has 2 aliphatic heterocycles. The Hall–Kier alpha value is -2.21. The molecule has 0 unspecified atom stereocenters. The number of imide groups is 1. The Bertz CT molecular complexity index is 688. The van der Waals surface area contributed by atoms with Crippen molar-refractivity contribution in [3.05, 3.63) is 29.8 Å². The molecule has 2 aliphatic rings. The summed E-state index contributed by atoms with van der Waals surface area (Å²) in [6.07, 6.45) is 1.76. The molecule has 2 fully saturated rings. The van der Waals surface area contributed by atoms with Gasteiger partial charge in [0.15, 0.2) is 0 Å². The molecule has 134 valence electrons. The van der Waals surface area contributed by atoms with Gasteiger partial charge in [0, 0.05) is 6.54 Å². The minimum Gasteiger partial charge on any atom is -0.466 e. The number of benzene rings is 1. The summed E-state index contributed by atoms with van der Waals surface area (Å²) in [5.41, 5.74) is 1.62. The van der Waals surface area contributed by atoms with Crippen molar-refractivity contribution in [2.24, 2.45) is 5.92 Å². The summed E-state index contributed by atoms with van der Waals surface area (Å²) in [5.74, 6) is -0.803. The Morgan fingerprint density at radius 3 is 2.84 bits per heavy atom. The van der Waals surface area contributed by atoms with Crippen LogP contribution in [0.5, 0.6) is 0 Å². The summed E-state index contributed by atoms with van der Waals surface area (Å²) in [6, 6.07) is 6.92. The van der Waals surface area contributed by atoms with Crippen LogP contribution in [0.2, 0.25) is 0 Å².